The molecule has 22 heavy (non-hydrogen) atoms. The van der Waals surface area contributed by atoms with Gasteiger partial charge in [0, 0.05) is 18.7 Å². The Morgan fingerprint density at radius 3 is 2.36 bits per heavy atom. The van der Waals surface area contributed by atoms with E-state index >= 15 is 0 Å². The molecule has 1 atom stereocenters. The summed E-state index contributed by atoms with van der Waals surface area (Å²) in [6.45, 7) is 3.51. The Morgan fingerprint density at radius 2 is 1.82 bits per heavy atom. The summed E-state index contributed by atoms with van der Waals surface area (Å²) in [5.41, 5.74) is -0.205. The van der Waals surface area contributed by atoms with Gasteiger partial charge in [-0.15, -0.1) is 0 Å². The van der Waals surface area contributed by atoms with E-state index in [1.54, 1.807) is 0 Å². The van der Waals surface area contributed by atoms with Crippen LogP contribution < -0.4 is 10.6 Å². The van der Waals surface area contributed by atoms with Gasteiger partial charge in [0.15, 0.2) is 11.6 Å². The van der Waals surface area contributed by atoms with Gasteiger partial charge in [0.05, 0.1) is 10.7 Å². The Labute approximate surface area is 131 Å². The molecule has 2 amide bonds. The van der Waals surface area contributed by atoms with Gasteiger partial charge in [-0.3, -0.25) is 9.59 Å². The molecule has 0 aromatic heterocycles. The van der Waals surface area contributed by atoms with Gasteiger partial charge in [0.25, 0.3) is 0 Å². The zero-order valence-electron chi connectivity index (χ0n) is 12.1. The highest BCUT2D eigenvalue weighted by Gasteiger charge is 2.21. The number of nitrogens with one attached hydrogen (secondary N) is 2. The van der Waals surface area contributed by atoms with Crippen molar-refractivity contribution >= 4 is 29.1 Å². The van der Waals surface area contributed by atoms with Gasteiger partial charge in [0.2, 0.25) is 0 Å². The van der Waals surface area contributed by atoms with Crippen molar-refractivity contribution in [2.24, 2.45) is 5.92 Å². The number of anilines is 1. The third-order valence-electron chi connectivity index (χ3n) is 3.03. The summed E-state index contributed by atoms with van der Waals surface area (Å²) >= 11 is 5.67. The van der Waals surface area contributed by atoms with Crippen LogP contribution in [0.15, 0.2) is 12.1 Å². The predicted molar refractivity (Wildman–Crippen MR) is 78.5 cm³/mol. The highest BCUT2D eigenvalue weighted by atomic mass is 35.5. The summed E-state index contributed by atoms with van der Waals surface area (Å²) < 4.78 is 26.0. The number of benzene rings is 1. The Bertz CT molecular complexity index is 567. The first-order valence-electron chi connectivity index (χ1n) is 6.63. The van der Waals surface area contributed by atoms with Gasteiger partial charge in [0.1, 0.15) is 0 Å². The smallest absolute Gasteiger partial charge is 0.313 e. The molecule has 1 unspecified atom stereocenters. The van der Waals surface area contributed by atoms with Crippen LogP contribution in [0.4, 0.5) is 14.5 Å². The first-order chi connectivity index (χ1) is 10.3. The number of amides is 2. The van der Waals surface area contributed by atoms with Crippen LogP contribution in [0.5, 0.6) is 0 Å². The maximum Gasteiger partial charge on any atom is 0.313 e. The minimum absolute atomic E-state index is 0.00996. The molecule has 0 aliphatic rings. The first kappa shape index (κ1) is 18.3. The number of hydrogen-bond acceptors (Lipinski definition) is 3. The molecule has 0 saturated heterocycles. The number of carbonyl (C=O) groups excluding carboxylic acids is 2. The lowest BCUT2D eigenvalue weighted by atomic mass is 10.0. The van der Waals surface area contributed by atoms with Crippen LogP contribution >= 0.6 is 11.6 Å². The van der Waals surface area contributed by atoms with Crippen molar-refractivity contribution in [1.82, 2.24) is 5.32 Å². The second-order valence-corrected chi connectivity index (χ2v) is 5.44. The van der Waals surface area contributed by atoms with Crippen LogP contribution in [0.25, 0.3) is 0 Å². The molecule has 122 valence electrons. The van der Waals surface area contributed by atoms with E-state index in [2.05, 4.69) is 10.6 Å². The van der Waals surface area contributed by atoms with E-state index < -0.39 is 23.4 Å². The Hall–Kier alpha value is -1.73. The average molecular weight is 335 g/mol. The summed E-state index contributed by atoms with van der Waals surface area (Å²) in [6.07, 6.45) is 0.294. The zero-order valence-corrected chi connectivity index (χ0v) is 12.9. The fourth-order valence-electron chi connectivity index (χ4n) is 1.74. The van der Waals surface area contributed by atoms with Crippen molar-refractivity contribution < 1.29 is 23.5 Å². The van der Waals surface area contributed by atoms with Crippen LogP contribution in [-0.2, 0) is 9.59 Å². The monoisotopic (exact) mass is 334 g/mol. The van der Waals surface area contributed by atoms with E-state index in [4.69, 9.17) is 16.7 Å². The Balaban J connectivity index is 2.76. The summed E-state index contributed by atoms with van der Waals surface area (Å²) in [7, 11) is 0. The SMILES string of the molecule is CC(C)C(CCO)NC(=O)C(=O)Nc1cc(F)c(F)cc1Cl. The van der Waals surface area contributed by atoms with Crippen molar-refractivity contribution in [3.8, 4) is 0 Å². The molecule has 5 nitrogen and oxygen atoms in total. The van der Waals surface area contributed by atoms with Crippen molar-refractivity contribution in [3.05, 3.63) is 28.8 Å². The van der Waals surface area contributed by atoms with Crippen LogP contribution in [0.2, 0.25) is 5.02 Å². The van der Waals surface area contributed by atoms with Gasteiger partial charge < -0.3 is 15.7 Å². The number of carbonyl (C=O) groups is 2. The number of aliphatic hydroxyl groups is 1. The molecular formula is C14H17ClF2N2O3. The molecule has 0 bridgehead atoms. The fourth-order valence-corrected chi connectivity index (χ4v) is 1.94. The first-order valence-corrected chi connectivity index (χ1v) is 7.01. The number of aliphatic hydroxyl groups excluding tert-OH is 1. The fraction of sp³-hybridized carbons (Fsp3) is 0.429. The van der Waals surface area contributed by atoms with E-state index in [-0.39, 0.29) is 29.3 Å². The van der Waals surface area contributed by atoms with Crippen LogP contribution in [0.1, 0.15) is 20.3 Å². The molecule has 0 aliphatic carbocycles. The molecule has 0 spiro atoms. The highest BCUT2D eigenvalue weighted by molar-refractivity contribution is 6.41. The predicted octanol–water partition coefficient (Wildman–Crippen LogP) is 2.08. The lowest BCUT2D eigenvalue weighted by Crippen LogP contribution is -2.44. The van der Waals surface area contributed by atoms with Gasteiger partial charge in [-0.2, -0.15) is 0 Å². The van der Waals surface area contributed by atoms with Crippen LogP contribution in [0, 0.1) is 17.6 Å². The number of rotatable bonds is 5. The van der Waals surface area contributed by atoms with Crippen molar-refractivity contribution in [2.45, 2.75) is 26.3 Å². The van der Waals surface area contributed by atoms with E-state index in [9.17, 15) is 18.4 Å². The van der Waals surface area contributed by atoms with Gasteiger partial charge in [-0.05, 0) is 18.4 Å². The van der Waals surface area contributed by atoms with Crippen LogP contribution in [-0.4, -0.2) is 29.6 Å². The Kier molecular flexibility index (Phi) is 6.70. The molecule has 0 heterocycles. The third-order valence-corrected chi connectivity index (χ3v) is 3.34. The summed E-state index contributed by atoms with van der Waals surface area (Å²) in [5, 5.41) is 13.3. The summed E-state index contributed by atoms with van der Waals surface area (Å²) in [4.78, 5) is 23.5. The molecule has 0 aliphatic heterocycles. The molecule has 1 rings (SSSR count). The minimum atomic E-state index is -1.19. The van der Waals surface area contributed by atoms with Gasteiger partial charge in [-0.1, -0.05) is 25.4 Å². The standard InChI is InChI=1S/C14H17ClF2N2O3/c1-7(2)11(3-4-20)18-13(21)14(22)19-12-6-10(17)9(16)5-8(12)15/h5-7,11,20H,3-4H2,1-2H3,(H,18,21)(H,19,22). The van der Waals surface area contributed by atoms with Gasteiger partial charge in [-0.25, -0.2) is 8.78 Å². The molecule has 0 fully saturated rings. The maximum atomic E-state index is 13.1. The quantitative estimate of drug-likeness (QED) is 0.570. The normalized spacial score (nSPS) is 12.1. The summed E-state index contributed by atoms with van der Waals surface area (Å²) in [6, 6.07) is 1.01. The lowest BCUT2D eigenvalue weighted by Gasteiger charge is -2.21. The van der Waals surface area contributed by atoms with Crippen molar-refractivity contribution in [2.75, 3.05) is 11.9 Å². The molecular weight excluding hydrogens is 318 g/mol. The molecule has 0 saturated carbocycles. The van der Waals surface area contributed by atoms with E-state index in [0.29, 0.717) is 18.6 Å². The summed E-state index contributed by atoms with van der Waals surface area (Å²) in [5.74, 6) is -4.35. The van der Waals surface area contributed by atoms with E-state index in [1.165, 1.54) is 0 Å². The molecule has 1 aromatic carbocycles. The molecule has 0 radical (unpaired) electrons. The molecule has 3 N–H and O–H groups in total. The average Bonchev–Trinajstić information content (AvgIpc) is 2.43. The third kappa shape index (κ3) is 4.92. The molecule has 8 heteroatoms. The van der Waals surface area contributed by atoms with Crippen LogP contribution in [0.3, 0.4) is 0 Å². The maximum absolute atomic E-state index is 13.1. The second kappa shape index (κ2) is 8.05. The number of halogens is 3. The van der Waals surface area contributed by atoms with Gasteiger partial charge >= 0.3 is 11.8 Å². The topological polar surface area (TPSA) is 78.4 Å². The van der Waals surface area contributed by atoms with Crippen molar-refractivity contribution in [3.63, 3.8) is 0 Å². The molecule has 1 aromatic rings. The Morgan fingerprint density at radius 1 is 1.23 bits per heavy atom. The van der Waals surface area contributed by atoms with Crippen molar-refractivity contribution in [1.29, 1.82) is 0 Å². The minimum Gasteiger partial charge on any atom is -0.396 e. The second-order valence-electron chi connectivity index (χ2n) is 5.04. The number of hydrogen-bond donors (Lipinski definition) is 3. The largest absolute Gasteiger partial charge is 0.396 e. The van der Waals surface area contributed by atoms with E-state index in [1.807, 2.05) is 13.8 Å². The van der Waals surface area contributed by atoms with E-state index in [0.717, 1.165) is 0 Å². The lowest BCUT2D eigenvalue weighted by molar-refractivity contribution is -0.136. The zero-order chi connectivity index (χ0) is 16.9. The highest BCUT2D eigenvalue weighted by Crippen LogP contribution is 2.24.